The quantitative estimate of drug-likeness (QED) is 0.671. The summed E-state index contributed by atoms with van der Waals surface area (Å²) in [6.07, 6.45) is -0.397. The fourth-order valence-corrected chi connectivity index (χ4v) is 2.92. The third-order valence-corrected chi connectivity index (χ3v) is 4.13. The van der Waals surface area contributed by atoms with E-state index in [0.717, 1.165) is 22.4 Å². The molecular weight excluding hydrogens is 312 g/mol. The van der Waals surface area contributed by atoms with Crippen LogP contribution in [-0.2, 0) is 16.1 Å². The molecule has 0 aliphatic rings. The first kappa shape index (κ1) is 15.6. The first-order valence-corrected chi connectivity index (χ1v) is 7.80. The molecule has 3 rings (SSSR count). The van der Waals surface area contributed by atoms with Crippen molar-refractivity contribution in [3.8, 4) is 0 Å². The molecule has 0 fully saturated rings. The minimum absolute atomic E-state index is 0.126. The van der Waals surface area contributed by atoms with Gasteiger partial charge in [0, 0.05) is 10.6 Å². The first-order chi connectivity index (χ1) is 11.1. The highest BCUT2D eigenvalue weighted by atomic mass is 35.5. The molecule has 4 nitrogen and oxygen atoms in total. The number of para-hydroxylation sites is 2. The fraction of sp³-hybridized carbons (Fsp3) is 0.222. The summed E-state index contributed by atoms with van der Waals surface area (Å²) in [7, 11) is 0. The Kier molecular flexibility index (Phi) is 4.35. The Hall–Kier alpha value is -2.33. The molecule has 3 aromatic rings. The predicted molar refractivity (Wildman–Crippen MR) is 90.4 cm³/mol. The third kappa shape index (κ3) is 3.22. The molecule has 0 amide bonds. The summed E-state index contributed by atoms with van der Waals surface area (Å²) < 4.78 is 7.38. The van der Waals surface area contributed by atoms with Crippen molar-refractivity contribution in [2.75, 3.05) is 0 Å². The van der Waals surface area contributed by atoms with Gasteiger partial charge in [0.1, 0.15) is 18.5 Å². The number of rotatable bonds is 4. The predicted octanol–water partition coefficient (Wildman–Crippen LogP) is 4.30. The zero-order valence-electron chi connectivity index (χ0n) is 13.0. The Labute approximate surface area is 139 Å². The van der Waals surface area contributed by atoms with Crippen molar-refractivity contribution in [3.05, 3.63) is 64.9 Å². The van der Waals surface area contributed by atoms with Crippen molar-refractivity contribution in [3.63, 3.8) is 0 Å². The molecule has 5 heteroatoms. The molecule has 0 N–H and O–H groups in total. The van der Waals surface area contributed by atoms with Crippen LogP contribution in [0, 0.1) is 6.92 Å². The van der Waals surface area contributed by atoms with Gasteiger partial charge >= 0.3 is 5.97 Å². The summed E-state index contributed by atoms with van der Waals surface area (Å²) in [6, 6.07) is 15.1. The molecule has 0 unspecified atom stereocenters. The second-order valence-corrected chi connectivity index (χ2v) is 5.79. The molecule has 0 bridgehead atoms. The molecule has 0 aliphatic heterocycles. The van der Waals surface area contributed by atoms with Gasteiger partial charge in [-0.05, 0) is 32.0 Å². The van der Waals surface area contributed by atoms with Gasteiger partial charge in [0.05, 0.1) is 11.0 Å². The Balaban J connectivity index is 1.76. The Morgan fingerprint density at radius 2 is 1.91 bits per heavy atom. The summed E-state index contributed by atoms with van der Waals surface area (Å²) in [4.78, 5) is 16.7. The average Bonchev–Trinajstić information content (AvgIpc) is 2.83. The lowest BCUT2D eigenvalue weighted by Crippen LogP contribution is -2.16. The van der Waals surface area contributed by atoms with Gasteiger partial charge in [-0.15, -0.1) is 0 Å². The van der Waals surface area contributed by atoms with Gasteiger partial charge in [0.25, 0.3) is 0 Å². The molecule has 1 heterocycles. The normalized spacial score (nSPS) is 12.3. The van der Waals surface area contributed by atoms with Gasteiger partial charge in [-0.1, -0.05) is 41.9 Å². The van der Waals surface area contributed by atoms with E-state index in [-0.39, 0.29) is 12.5 Å². The number of hydrogen-bond acceptors (Lipinski definition) is 3. The van der Waals surface area contributed by atoms with Crippen LogP contribution in [0.3, 0.4) is 0 Å². The SMILES string of the molecule is Cc1nc2ccccc2n1CC(=O)O[C@H](C)c1ccccc1Cl. The van der Waals surface area contributed by atoms with Crippen LogP contribution < -0.4 is 0 Å². The lowest BCUT2D eigenvalue weighted by Gasteiger charge is -2.15. The highest BCUT2D eigenvalue weighted by Crippen LogP contribution is 2.25. The van der Waals surface area contributed by atoms with Gasteiger partial charge in [0.2, 0.25) is 0 Å². The maximum absolute atomic E-state index is 12.3. The third-order valence-electron chi connectivity index (χ3n) is 3.78. The lowest BCUT2D eigenvalue weighted by atomic mass is 10.1. The maximum Gasteiger partial charge on any atom is 0.326 e. The van der Waals surface area contributed by atoms with Gasteiger partial charge in [-0.25, -0.2) is 4.98 Å². The maximum atomic E-state index is 12.3. The van der Waals surface area contributed by atoms with E-state index in [1.54, 1.807) is 6.07 Å². The largest absolute Gasteiger partial charge is 0.456 e. The molecule has 23 heavy (non-hydrogen) atoms. The topological polar surface area (TPSA) is 44.1 Å². The van der Waals surface area contributed by atoms with Crippen LogP contribution >= 0.6 is 11.6 Å². The van der Waals surface area contributed by atoms with Gasteiger partial charge in [-0.3, -0.25) is 4.79 Å². The molecule has 1 aromatic heterocycles. The second-order valence-electron chi connectivity index (χ2n) is 5.39. The first-order valence-electron chi connectivity index (χ1n) is 7.42. The standard InChI is InChI=1S/C18H17ClN2O2/c1-12(14-7-3-4-8-15(14)19)23-18(22)11-21-13(2)20-16-9-5-6-10-17(16)21/h3-10,12H,11H2,1-2H3/t12-/m1/s1. The van der Waals surface area contributed by atoms with Crippen molar-refractivity contribution in [2.24, 2.45) is 0 Å². The van der Waals surface area contributed by atoms with E-state index < -0.39 is 6.10 Å². The Bertz CT molecular complexity index is 857. The molecule has 1 atom stereocenters. The van der Waals surface area contributed by atoms with Crippen molar-refractivity contribution in [1.29, 1.82) is 0 Å². The van der Waals surface area contributed by atoms with Crippen LogP contribution in [0.4, 0.5) is 0 Å². The molecule has 0 saturated heterocycles. The van der Waals surface area contributed by atoms with E-state index >= 15 is 0 Å². The number of hydrogen-bond donors (Lipinski definition) is 0. The Morgan fingerprint density at radius 1 is 1.22 bits per heavy atom. The number of nitrogens with zero attached hydrogens (tertiary/aromatic N) is 2. The zero-order valence-corrected chi connectivity index (χ0v) is 13.7. The number of ether oxygens (including phenoxy) is 1. The van der Waals surface area contributed by atoms with Crippen LogP contribution in [-0.4, -0.2) is 15.5 Å². The van der Waals surface area contributed by atoms with Gasteiger partial charge in [-0.2, -0.15) is 0 Å². The number of esters is 1. The van der Waals surface area contributed by atoms with E-state index in [4.69, 9.17) is 16.3 Å². The average molecular weight is 329 g/mol. The minimum Gasteiger partial charge on any atom is -0.456 e. The van der Waals surface area contributed by atoms with Crippen molar-refractivity contribution in [1.82, 2.24) is 9.55 Å². The summed E-state index contributed by atoms with van der Waals surface area (Å²) in [5.74, 6) is 0.470. The number of carbonyl (C=O) groups is 1. The minimum atomic E-state index is -0.397. The molecule has 0 aliphatic carbocycles. The van der Waals surface area contributed by atoms with Gasteiger partial charge < -0.3 is 9.30 Å². The molecule has 0 radical (unpaired) electrons. The van der Waals surface area contributed by atoms with Crippen molar-refractivity contribution < 1.29 is 9.53 Å². The van der Waals surface area contributed by atoms with Crippen molar-refractivity contribution in [2.45, 2.75) is 26.5 Å². The Morgan fingerprint density at radius 3 is 2.70 bits per heavy atom. The smallest absolute Gasteiger partial charge is 0.326 e. The van der Waals surface area contributed by atoms with Crippen LogP contribution in [0.1, 0.15) is 24.4 Å². The van der Waals surface area contributed by atoms with E-state index in [0.29, 0.717) is 5.02 Å². The molecule has 2 aromatic carbocycles. The number of carbonyl (C=O) groups excluding carboxylic acids is 1. The van der Waals surface area contributed by atoms with E-state index in [2.05, 4.69) is 4.98 Å². The molecule has 0 saturated carbocycles. The summed E-state index contributed by atoms with van der Waals surface area (Å²) in [5, 5.41) is 0.595. The van der Waals surface area contributed by atoms with E-state index in [9.17, 15) is 4.79 Å². The fourth-order valence-electron chi connectivity index (χ4n) is 2.63. The van der Waals surface area contributed by atoms with Crippen LogP contribution in [0.25, 0.3) is 11.0 Å². The highest BCUT2D eigenvalue weighted by molar-refractivity contribution is 6.31. The van der Waals surface area contributed by atoms with Crippen LogP contribution in [0.2, 0.25) is 5.02 Å². The van der Waals surface area contributed by atoms with Gasteiger partial charge in [0.15, 0.2) is 0 Å². The monoisotopic (exact) mass is 328 g/mol. The second kappa shape index (κ2) is 6.42. The van der Waals surface area contributed by atoms with E-state index in [1.165, 1.54) is 0 Å². The lowest BCUT2D eigenvalue weighted by molar-refractivity contribution is -0.149. The summed E-state index contributed by atoms with van der Waals surface area (Å²) in [6.45, 7) is 3.82. The van der Waals surface area contributed by atoms with E-state index in [1.807, 2.05) is 60.9 Å². The summed E-state index contributed by atoms with van der Waals surface area (Å²) in [5.41, 5.74) is 2.60. The van der Waals surface area contributed by atoms with Crippen LogP contribution in [0.15, 0.2) is 48.5 Å². The highest BCUT2D eigenvalue weighted by Gasteiger charge is 2.16. The number of aryl methyl sites for hydroxylation is 1. The number of fused-ring (bicyclic) bond motifs is 1. The van der Waals surface area contributed by atoms with Crippen molar-refractivity contribution >= 4 is 28.6 Å². The molecule has 0 spiro atoms. The molecular formula is C18H17ClN2O2. The summed E-state index contributed by atoms with van der Waals surface area (Å²) >= 11 is 6.14. The number of halogens is 1. The zero-order chi connectivity index (χ0) is 16.4. The number of aromatic nitrogens is 2. The number of benzene rings is 2. The number of imidazole rings is 1. The molecule has 118 valence electrons. The van der Waals surface area contributed by atoms with Crippen LogP contribution in [0.5, 0.6) is 0 Å².